The standard InChI is InChI=1S/C49H88O5/c1-4-7-10-13-15-17-19-21-23-25-26-28-30-32-34-37-39-42-48(50)53-46-47(54-49(51)43-40-36-12-9-6-3)45-52-44-41-38-35-33-31-29-27-24-22-20-18-16-14-11-8-5-2/h15-18,21-24,47H,4-14,19-20,25-46H2,1-3H3/b17-15-,18-16-,23-21-,24-22-. The lowest BCUT2D eigenvalue weighted by Crippen LogP contribution is -2.30. The van der Waals surface area contributed by atoms with Crippen LogP contribution >= 0.6 is 0 Å². The quantitative estimate of drug-likeness (QED) is 0.0353. The Labute approximate surface area is 335 Å². The Morgan fingerprint density at radius 1 is 0.407 bits per heavy atom. The van der Waals surface area contributed by atoms with Crippen molar-refractivity contribution in [2.75, 3.05) is 19.8 Å². The van der Waals surface area contributed by atoms with Crippen molar-refractivity contribution < 1.29 is 23.8 Å². The molecule has 0 amide bonds. The number of unbranched alkanes of at least 4 members (excludes halogenated alkanes) is 23. The number of rotatable bonds is 42. The van der Waals surface area contributed by atoms with Gasteiger partial charge in [-0.15, -0.1) is 0 Å². The number of ether oxygens (including phenoxy) is 3. The largest absolute Gasteiger partial charge is 0.462 e. The van der Waals surface area contributed by atoms with Crippen LogP contribution in [0.2, 0.25) is 0 Å². The highest BCUT2D eigenvalue weighted by Crippen LogP contribution is 2.13. The molecular formula is C49H88O5. The number of esters is 2. The van der Waals surface area contributed by atoms with E-state index < -0.39 is 6.10 Å². The lowest BCUT2D eigenvalue weighted by molar-refractivity contribution is -0.163. The summed E-state index contributed by atoms with van der Waals surface area (Å²) < 4.78 is 17.2. The lowest BCUT2D eigenvalue weighted by Gasteiger charge is -2.18. The molecule has 5 nitrogen and oxygen atoms in total. The molecule has 0 saturated carbocycles. The summed E-state index contributed by atoms with van der Waals surface area (Å²) >= 11 is 0. The summed E-state index contributed by atoms with van der Waals surface area (Å²) in [6.45, 7) is 7.68. The summed E-state index contributed by atoms with van der Waals surface area (Å²) in [4.78, 5) is 25.0. The van der Waals surface area contributed by atoms with Gasteiger partial charge in [0.2, 0.25) is 0 Å². The minimum absolute atomic E-state index is 0.0772. The van der Waals surface area contributed by atoms with Crippen LogP contribution in [0.3, 0.4) is 0 Å². The van der Waals surface area contributed by atoms with Crippen LogP contribution in [0.25, 0.3) is 0 Å². The van der Waals surface area contributed by atoms with Crippen LogP contribution in [-0.4, -0.2) is 37.9 Å². The van der Waals surface area contributed by atoms with Crippen molar-refractivity contribution in [1.29, 1.82) is 0 Å². The average molecular weight is 757 g/mol. The minimum atomic E-state index is -0.538. The Hall–Kier alpha value is -2.14. The normalized spacial score (nSPS) is 12.6. The van der Waals surface area contributed by atoms with Crippen LogP contribution in [0.5, 0.6) is 0 Å². The molecule has 54 heavy (non-hydrogen) atoms. The molecule has 0 heterocycles. The second kappa shape index (κ2) is 45.3. The van der Waals surface area contributed by atoms with Crippen molar-refractivity contribution in [1.82, 2.24) is 0 Å². The Bertz CT molecular complexity index is 904. The fraction of sp³-hybridized carbons (Fsp3) is 0.796. The van der Waals surface area contributed by atoms with E-state index in [9.17, 15) is 9.59 Å². The highest BCUT2D eigenvalue weighted by molar-refractivity contribution is 5.70. The molecule has 0 rings (SSSR count). The van der Waals surface area contributed by atoms with Crippen molar-refractivity contribution in [3.8, 4) is 0 Å². The molecule has 0 aromatic rings. The minimum Gasteiger partial charge on any atom is -0.462 e. The predicted molar refractivity (Wildman–Crippen MR) is 233 cm³/mol. The number of allylic oxidation sites excluding steroid dienone is 8. The molecule has 0 saturated heterocycles. The maximum atomic E-state index is 12.5. The van der Waals surface area contributed by atoms with Gasteiger partial charge in [0.05, 0.1) is 6.61 Å². The van der Waals surface area contributed by atoms with E-state index >= 15 is 0 Å². The highest BCUT2D eigenvalue weighted by Gasteiger charge is 2.17. The van der Waals surface area contributed by atoms with Gasteiger partial charge in [-0.3, -0.25) is 9.59 Å². The molecule has 314 valence electrons. The van der Waals surface area contributed by atoms with Crippen LogP contribution in [0.4, 0.5) is 0 Å². The molecule has 0 aliphatic carbocycles. The molecule has 0 aliphatic heterocycles. The van der Waals surface area contributed by atoms with E-state index in [0.29, 0.717) is 19.4 Å². The van der Waals surface area contributed by atoms with Gasteiger partial charge in [-0.1, -0.05) is 179 Å². The van der Waals surface area contributed by atoms with Gasteiger partial charge in [0.15, 0.2) is 6.10 Å². The molecule has 5 heteroatoms. The van der Waals surface area contributed by atoms with Crippen molar-refractivity contribution in [3.05, 3.63) is 48.6 Å². The third-order valence-electron chi connectivity index (χ3n) is 9.84. The number of hydrogen-bond donors (Lipinski definition) is 0. The first kappa shape index (κ1) is 51.9. The van der Waals surface area contributed by atoms with E-state index in [1.807, 2.05) is 0 Å². The first-order chi connectivity index (χ1) is 26.6. The average Bonchev–Trinajstić information content (AvgIpc) is 3.17. The van der Waals surface area contributed by atoms with Gasteiger partial charge >= 0.3 is 11.9 Å². The zero-order chi connectivity index (χ0) is 39.3. The first-order valence-corrected chi connectivity index (χ1v) is 23.2. The van der Waals surface area contributed by atoms with Gasteiger partial charge < -0.3 is 14.2 Å². The predicted octanol–water partition coefficient (Wildman–Crippen LogP) is 15.2. The molecule has 0 fully saturated rings. The van der Waals surface area contributed by atoms with Crippen LogP contribution in [0.15, 0.2) is 48.6 Å². The Balaban J connectivity index is 4.08. The molecule has 0 aromatic heterocycles. The van der Waals surface area contributed by atoms with Gasteiger partial charge in [0, 0.05) is 19.4 Å². The van der Waals surface area contributed by atoms with E-state index in [1.54, 1.807) is 0 Å². The topological polar surface area (TPSA) is 61.8 Å². The van der Waals surface area contributed by atoms with E-state index in [-0.39, 0.29) is 25.2 Å². The summed E-state index contributed by atoms with van der Waals surface area (Å²) in [6.07, 6.45) is 54.2. The smallest absolute Gasteiger partial charge is 0.306 e. The lowest BCUT2D eigenvalue weighted by atomic mass is 10.1. The van der Waals surface area contributed by atoms with Gasteiger partial charge in [0.1, 0.15) is 6.61 Å². The fourth-order valence-corrected chi connectivity index (χ4v) is 6.33. The van der Waals surface area contributed by atoms with Crippen molar-refractivity contribution in [2.24, 2.45) is 0 Å². The second-order valence-corrected chi connectivity index (χ2v) is 15.3. The monoisotopic (exact) mass is 757 g/mol. The van der Waals surface area contributed by atoms with E-state index in [1.165, 1.54) is 128 Å². The molecule has 0 aliphatic rings. The maximum absolute atomic E-state index is 12.5. The Kier molecular flexibility index (Phi) is 43.5. The van der Waals surface area contributed by atoms with Crippen molar-refractivity contribution in [3.63, 3.8) is 0 Å². The fourth-order valence-electron chi connectivity index (χ4n) is 6.33. The SMILES string of the molecule is CCCCC/C=C\C/C=C\CCCCCCCCCC(=O)OCC(COCCCCCCCC/C=C\C/C=C\CCCCC)OC(=O)CCCCCCC. The van der Waals surface area contributed by atoms with Crippen LogP contribution < -0.4 is 0 Å². The first-order valence-electron chi connectivity index (χ1n) is 23.2. The third kappa shape index (κ3) is 42.6. The van der Waals surface area contributed by atoms with Gasteiger partial charge in [-0.2, -0.15) is 0 Å². The molecule has 1 atom stereocenters. The summed E-state index contributed by atoms with van der Waals surface area (Å²) in [5, 5.41) is 0. The molecule has 1 unspecified atom stereocenters. The molecule has 0 aromatic carbocycles. The molecule has 0 N–H and O–H groups in total. The van der Waals surface area contributed by atoms with Crippen LogP contribution in [-0.2, 0) is 23.8 Å². The van der Waals surface area contributed by atoms with Crippen molar-refractivity contribution in [2.45, 2.75) is 232 Å². The number of carbonyl (C=O) groups excluding carboxylic acids is 2. The van der Waals surface area contributed by atoms with Crippen LogP contribution in [0, 0.1) is 0 Å². The Morgan fingerprint density at radius 2 is 0.778 bits per heavy atom. The third-order valence-corrected chi connectivity index (χ3v) is 9.84. The van der Waals surface area contributed by atoms with Gasteiger partial charge in [-0.05, 0) is 83.5 Å². The maximum Gasteiger partial charge on any atom is 0.306 e. The van der Waals surface area contributed by atoms with E-state index in [2.05, 4.69) is 69.4 Å². The summed E-state index contributed by atoms with van der Waals surface area (Å²) in [7, 11) is 0. The molecule has 0 spiro atoms. The number of hydrogen-bond acceptors (Lipinski definition) is 5. The van der Waals surface area contributed by atoms with Gasteiger partial charge in [-0.25, -0.2) is 0 Å². The Morgan fingerprint density at radius 3 is 1.26 bits per heavy atom. The second-order valence-electron chi connectivity index (χ2n) is 15.3. The summed E-state index contributed by atoms with van der Waals surface area (Å²) in [5.41, 5.74) is 0. The van der Waals surface area contributed by atoms with E-state index in [0.717, 1.165) is 64.2 Å². The zero-order valence-electron chi connectivity index (χ0n) is 36.0. The van der Waals surface area contributed by atoms with Gasteiger partial charge in [0.25, 0.3) is 0 Å². The van der Waals surface area contributed by atoms with Crippen LogP contribution in [0.1, 0.15) is 226 Å². The van der Waals surface area contributed by atoms with E-state index in [4.69, 9.17) is 14.2 Å². The highest BCUT2D eigenvalue weighted by atomic mass is 16.6. The molecule has 0 radical (unpaired) electrons. The summed E-state index contributed by atoms with van der Waals surface area (Å²) in [5.74, 6) is -0.422. The van der Waals surface area contributed by atoms with Crippen molar-refractivity contribution >= 4 is 11.9 Å². The molecular weight excluding hydrogens is 669 g/mol. The summed E-state index contributed by atoms with van der Waals surface area (Å²) in [6, 6.07) is 0. The zero-order valence-corrected chi connectivity index (χ0v) is 36.0. The number of carbonyl (C=O) groups is 2. The molecule has 0 bridgehead atoms.